The van der Waals surface area contributed by atoms with Crippen LogP contribution in [0, 0.1) is 17.7 Å². The highest BCUT2D eigenvalue weighted by Gasteiger charge is 2.29. The predicted octanol–water partition coefficient (Wildman–Crippen LogP) is 3.49. The van der Waals surface area contributed by atoms with Gasteiger partial charge in [-0.15, -0.1) is 0 Å². The Morgan fingerprint density at radius 2 is 2.22 bits per heavy atom. The molecule has 0 radical (unpaired) electrons. The van der Waals surface area contributed by atoms with E-state index in [4.69, 9.17) is 16.3 Å². The lowest BCUT2D eigenvalue weighted by molar-refractivity contribution is 0.0971. The van der Waals surface area contributed by atoms with E-state index in [1.165, 1.54) is 6.07 Å². The van der Waals surface area contributed by atoms with Crippen LogP contribution in [0.5, 0.6) is 5.75 Å². The van der Waals surface area contributed by atoms with Gasteiger partial charge in [0.05, 0.1) is 0 Å². The van der Waals surface area contributed by atoms with Gasteiger partial charge >= 0.3 is 0 Å². The normalized spacial score (nSPS) is 21.3. The van der Waals surface area contributed by atoms with Gasteiger partial charge in [0.1, 0.15) is 22.7 Å². The van der Waals surface area contributed by atoms with E-state index in [1.807, 2.05) is 0 Å². The third kappa shape index (κ3) is 2.96. The Bertz CT molecular complexity index is 405. The number of ether oxygens (including phenoxy) is 1. The van der Waals surface area contributed by atoms with Crippen molar-refractivity contribution < 1.29 is 9.13 Å². The molecule has 1 aromatic rings. The van der Waals surface area contributed by atoms with Gasteiger partial charge in [-0.3, -0.25) is 0 Å². The molecule has 1 aliphatic heterocycles. The van der Waals surface area contributed by atoms with E-state index in [9.17, 15) is 4.39 Å². The van der Waals surface area contributed by atoms with E-state index in [2.05, 4.69) is 19.2 Å². The zero-order chi connectivity index (χ0) is 13.1. The van der Waals surface area contributed by atoms with Crippen molar-refractivity contribution in [3.05, 3.63) is 29.0 Å². The van der Waals surface area contributed by atoms with Crippen LogP contribution in [0.4, 0.5) is 4.39 Å². The smallest absolute Gasteiger partial charge is 0.145 e. The number of benzene rings is 1. The first-order valence-corrected chi connectivity index (χ1v) is 6.78. The summed E-state index contributed by atoms with van der Waals surface area (Å²) in [5.41, 5.74) is 0. The minimum atomic E-state index is -0.429. The Balaban J connectivity index is 2.15. The lowest BCUT2D eigenvalue weighted by Gasteiger charge is -2.28. The first-order chi connectivity index (χ1) is 8.59. The largest absolute Gasteiger partial charge is 0.488 e. The van der Waals surface area contributed by atoms with Crippen LogP contribution in [-0.4, -0.2) is 19.2 Å². The Kier molecular flexibility index (Phi) is 4.46. The highest BCUT2D eigenvalue weighted by molar-refractivity contribution is 6.32. The average molecular weight is 272 g/mol. The summed E-state index contributed by atoms with van der Waals surface area (Å²) in [6.45, 7) is 6.22. The molecule has 4 heteroatoms. The molecule has 1 aliphatic rings. The fourth-order valence-electron chi connectivity index (χ4n) is 2.46. The summed E-state index contributed by atoms with van der Waals surface area (Å²) in [5, 5.41) is 3.41. The summed E-state index contributed by atoms with van der Waals surface area (Å²) in [5.74, 6) is 0.849. The molecule has 0 aromatic heterocycles. The van der Waals surface area contributed by atoms with E-state index in [0.717, 1.165) is 19.5 Å². The fourth-order valence-corrected chi connectivity index (χ4v) is 2.63. The van der Waals surface area contributed by atoms with Gasteiger partial charge in [0, 0.05) is 12.5 Å². The van der Waals surface area contributed by atoms with Crippen molar-refractivity contribution in [2.24, 2.45) is 11.8 Å². The number of hydrogen-bond acceptors (Lipinski definition) is 2. The lowest BCUT2D eigenvalue weighted by atomic mass is 9.92. The molecular weight excluding hydrogens is 253 g/mol. The molecule has 100 valence electrons. The molecule has 2 nitrogen and oxygen atoms in total. The zero-order valence-electron chi connectivity index (χ0n) is 10.7. The third-order valence-corrected chi connectivity index (χ3v) is 3.77. The molecule has 0 spiro atoms. The summed E-state index contributed by atoms with van der Waals surface area (Å²) >= 11 is 5.93. The second kappa shape index (κ2) is 5.89. The van der Waals surface area contributed by atoms with Crippen LogP contribution in [0.25, 0.3) is 0 Å². The van der Waals surface area contributed by atoms with Crippen LogP contribution in [-0.2, 0) is 0 Å². The highest BCUT2D eigenvalue weighted by atomic mass is 35.5. The van der Waals surface area contributed by atoms with Crippen molar-refractivity contribution in [1.82, 2.24) is 5.32 Å². The SMILES string of the molecule is CC(C)C(Oc1cccc(F)c1Cl)C1CCNC1. The Morgan fingerprint density at radius 3 is 2.83 bits per heavy atom. The molecule has 1 fully saturated rings. The Labute approximate surface area is 112 Å². The first-order valence-electron chi connectivity index (χ1n) is 6.41. The summed E-state index contributed by atoms with van der Waals surface area (Å²) in [6, 6.07) is 4.70. The molecule has 0 amide bonds. The standard InChI is InChI=1S/C14H19ClFNO/c1-9(2)14(10-6-7-17-8-10)18-12-5-3-4-11(16)13(12)15/h3-5,9-10,14,17H,6-8H2,1-2H3. The maximum Gasteiger partial charge on any atom is 0.145 e. The molecule has 2 atom stereocenters. The maximum absolute atomic E-state index is 13.4. The van der Waals surface area contributed by atoms with Crippen molar-refractivity contribution in [3.8, 4) is 5.75 Å². The van der Waals surface area contributed by atoms with Crippen LogP contribution >= 0.6 is 11.6 Å². The molecule has 1 aromatic carbocycles. The van der Waals surface area contributed by atoms with Crippen LogP contribution in [0.3, 0.4) is 0 Å². The van der Waals surface area contributed by atoms with Crippen molar-refractivity contribution in [2.45, 2.75) is 26.4 Å². The van der Waals surface area contributed by atoms with Crippen LogP contribution in [0.15, 0.2) is 18.2 Å². The lowest BCUT2D eigenvalue weighted by Crippen LogP contribution is -2.33. The van der Waals surface area contributed by atoms with Crippen molar-refractivity contribution in [1.29, 1.82) is 0 Å². The predicted molar refractivity (Wildman–Crippen MR) is 71.6 cm³/mol. The third-order valence-electron chi connectivity index (χ3n) is 3.40. The summed E-state index contributed by atoms with van der Waals surface area (Å²) < 4.78 is 19.3. The average Bonchev–Trinajstić information content (AvgIpc) is 2.84. The van der Waals surface area contributed by atoms with E-state index in [0.29, 0.717) is 17.6 Å². The van der Waals surface area contributed by atoms with Crippen molar-refractivity contribution in [3.63, 3.8) is 0 Å². The molecule has 0 bridgehead atoms. The first kappa shape index (κ1) is 13.6. The fraction of sp³-hybridized carbons (Fsp3) is 0.571. The highest BCUT2D eigenvalue weighted by Crippen LogP contribution is 2.31. The quantitative estimate of drug-likeness (QED) is 0.905. The van der Waals surface area contributed by atoms with Gasteiger partial charge in [0.2, 0.25) is 0 Å². The Morgan fingerprint density at radius 1 is 1.44 bits per heavy atom. The van der Waals surface area contributed by atoms with Gasteiger partial charge < -0.3 is 10.1 Å². The second-order valence-electron chi connectivity index (χ2n) is 5.13. The molecule has 0 saturated carbocycles. The van der Waals surface area contributed by atoms with Crippen LogP contribution in [0.1, 0.15) is 20.3 Å². The monoisotopic (exact) mass is 271 g/mol. The summed E-state index contributed by atoms with van der Waals surface area (Å²) in [7, 11) is 0. The number of nitrogens with one attached hydrogen (secondary N) is 1. The van der Waals surface area contributed by atoms with Gasteiger partial charge in [-0.1, -0.05) is 31.5 Å². The summed E-state index contributed by atoms with van der Waals surface area (Å²) in [6.07, 6.45) is 1.16. The zero-order valence-corrected chi connectivity index (χ0v) is 11.5. The van der Waals surface area contributed by atoms with Crippen LogP contribution < -0.4 is 10.1 Å². The maximum atomic E-state index is 13.4. The molecule has 1 N–H and O–H groups in total. The molecule has 2 unspecified atom stereocenters. The van der Waals surface area contributed by atoms with E-state index < -0.39 is 5.82 Å². The topological polar surface area (TPSA) is 21.3 Å². The second-order valence-corrected chi connectivity index (χ2v) is 5.51. The molecule has 1 heterocycles. The van der Waals surface area contributed by atoms with Gasteiger partial charge in [0.25, 0.3) is 0 Å². The van der Waals surface area contributed by atoms with Crippen molar-refractivity contribution >= 4 is 11.6 Å². The molecule has 0 aliphatic carbocycles. The Hall–Kier alpha value is -0.800. The van der Waals surface area contributed by atoms with E-state index >= 15 is 0 Å². The van der Waals surface area contributed by atoms with E-state index in [-0.39, 0.29) is 11.1 Å². The van der Waals surface area contributed by atoms with Gasteiger partial charge in [-0.05, 0) is 31.0 Å². The number of hydrogen-bond donors (Lipinski definition) is 1. The minimum absolute atomic E-state index is 0.0688. The van der Waals surface area contributed by atoms with Crippen LogP contribution in [0.2, 0.25) is 5.02 Å². The molecule has 1 saturated heterocycles. The van der Waals surface area contributed by atoms with Gasteiger partial charge in [-0.25, -0.2) is 4.39 Å². The number of rotatable bonds is 4. The van der Waals surface area contributed by atoms with Gasteiger partial charge in [0.15, 0.2) is 0 Å². The molecule has 2 rings (SSSR count). The summed E-state index contributed by atoms with van der Waals surface area (Å²) in [4.78, 5) is 0. The minimum Gasteiger partial charge on any atom is -0.488 e. The molecule has 18 heavy (non-hydrogen) atoms. The van der Waals surface area contributed by atoms with Crippen molar-refractivity contribution in [2.75, 3.05) is 13.1 Å². The number of halogens is 2. The van der Waals surface area contributed by atoms with Gasteiger partial charge in [-0.2, -0.15) is 0 Å². The van der Waals surface area contributed by atoms with E-state index in [1.54, 1.807) is 12.1 Å². The molecular formula is C14H19ClFNO.